The van der Waals surface area contributed by atoms with Gasteiger partial charge in [0.05, 0.1) is 12.5 Å². The maximum absolute atomic E-state index is 13.1. The van der Waals surface area contributed by atoms with Crippen LogP contribution in [0, 0.1) is 0 Å². The summed E-state index contributed by atoms with van der Waals surface area (Å²) < 4.78 is 44.4. The molecule has 1 fully saturated rings. The Hall–Kier alpha value is -2.02. The number of nitrogens with zero attached hydrogens (tertiary/aromatic N) is 1. The van der Waals surface area contributed by atoms with Crippen LogP contribution >= 0.6 is 11.3 Å². The lowest BCUT2D eigenvalue weighted by Gasteiger charge is -2.29. The molecule has 0 radical (unpaired) electrons. The largest absolute Gasteiger partial charge is 0.496 e. The molecule has 0 aliphatic heterocycles. The highest BCUT2D eigenvalue weighted by Gasteiger charge is 2.55. The number of methoxy groups -OCH3 is 1. The second-order valence-electron chi connectivity index (χ2n) is 6.19. The average molecular weight is 369 g/mol. The van der Waals surface area contributed by atoms with Crippen LogP contribution in [0.1, 0.15) is 24.0 Å². The molecule has 0 N–H and O–H groups in total. The van der Waals surface area contributed by atoms with E-state index < -0.39 is 24.0 Å². The van der Waals surface area contributed by atoms with Gasteiger partial charge >= 0.3 is 6.18 Å². The zero-order valence-electron chi connectivity index (χ0n) is 13.7. The Morgan fingerprint density at radius 3 is 2.56 bits per heavy atom. The van der Waals surface area contributed by atoms with Crippen molar-refractivity contribution in [3.05, 3.63) is 52.2 Å². The monoisotopic (exact) mass is 369 g/mol. The van der Waals surface area contributed by atoms with Crippen LogP contribution in [0.3, 0.4) is 0 Å². The van der Waals surface area contributed by atoms with Crippen molar-refractivity contribution in [1.29, 1.82) is 0 Å². The first-order chi connectivity index (χ1) is 11.9. The van der Waals surface area contributed by atoms with Crippen LogP contribution in [0.4, 0.5) is 13.2 Å². The highest BCUT2D eigenvalue weighted by molar-refractivity contribution is 7.07. The van der Waals surface area contributed by atoms with Crippen LogP contribution < -0.4 is 4.74 Å². The fraction of sp³-hybridized carbons (Fsp3) is 0.389. The molecule has 0 spiro atoms. The van der Waals surface area contributed by atoms with Crippen molar-refractivity contribution >= 4 is 17.2 Å². The predicted molar refractivity (Wildman–Crippen MR) is 89.7 cm³/mol. The fourth-order valence-corrected chi connectivity index (χ4v) is 3.74. The zero-order chi connectivity index (χ0) is 18.1. The van der Waals surface area contributed by atoms with Crippen molar-refractivity contribution in [1.82, 2.24) is 4.90 Å². The highest BCUT2D eigenvalue weighted by Crippen LogP contribution is 2.52. The van der Waals surface area contributed by atoms with Gasteiger partial charge in [-0.25, -0.2) is 0 Å². The molecule has 25 heavy (non-hydrogen) atoms. The van der Waals surface area contributed by atoms with E-state index in [0.29, 0.717) is 29.7 Å². The molecule has 1 aromatic heterocycles. The van der Waals surface area contributed by atoms with E-state index in [9.17, 15) is 18.0 Å². The third-order valence-corrected chi connectivity index (χ3v) is 5.12. The Bertz CT molecular complexity index is 739. The molecule has 1 aromatic carbocycles. The van der Waals surface area contributed by atoms with Crippen LogP contribution in [0.25, 0.3) is 0 Å². The van der Waals surface area contributed by atoms with E-state index in [0.717, 1.165) is 4.90 Å². The third-order valence-electron chi connectivity index (χ3n) is 4.39. The Kier molecular flexibility index (Phi) is 4.77. The average Bonchev–Trinajstić information content (AvgIpc) is 3.22. The van der Waals surface area contributed by atoms with Gasteiger partial charge in [-0.2, -0.15) is 24.5 Å². The lowest BCUT2D eigenvalue weighted by molar-refractivity contribution is -0.164. The van der Waals surface area contributed by atoms with E-state index in [1.165, 1.54) is 18.4 Å². The smallest absolute Gasteiger partial charge is 0.406 e. The van der Waals surface area contributed by atoms with Gasteiger partial charge < -0.3 is 9.64 Å². The van der Waals surface area contributed by atoms with Crippen LogP contribution in [0.5, 0.6) is 5.75 Å². The molecule has 134 valence electrons. The quantitative estimate of drug-likeness (QED) is 0.756. The second-order valence-corrected chi connectivity index (χ2v) is 6.97. The first-order valence-electron chi connectivity index (χ1n) is 7.86. The number of para-hydroxylation sites is 1. The molecule has 0 bridgehead atoms. The molecule has 3 nitrogen and oxygen atoms in total. The summed E-state index contributed by atoms with van der Waals surface area (Å²) in [6.07, 6.45) is -3.38. The zero-order valence-corrected chi connectivity index (χ0v) is 14.5. The summed E-state index contributed by atoms with van der Waals surface area (Å²) in [6, 6.07) is 8.79. The van der Waals surface area contributed by atoms with E-state index in [-0.39, 0.29) is 6.54 Å². The van der Waals surface area contributed by atoms with Gasteiger partial charge in [0.25, 0.3) is 0 Å². The molecule has 1 aliphatic carbocycles. The molecular formula is C18H18F3NO2S. The third kappa shape index (κ3) is 3.81. The van der Waals surface area contributed by atoms with Gasteiger partial charge in [-0.05, 0) is 41.3 Å². The van der Waals surface area contributed by atoms with Crippen LogP contribution in [-0.4, -0.2) is 30.6 Å². The summed E-state index contributed by atoms with van der Waals surface area (Å²) in [5.74, 6) is 0.0522. The van der Waals surface area contributed by atoms with Crippen molar-refractivity contribution in [3.63, 3.8) is 0 Å². The first-order valence-corrected chi connectivity index (χ1v) is 8.81. The van der Waals surface area contributed by atoms with Crippen LogP contribution in [-0.2, 0) is 16.8 Å². The van der Waals surface area contributed by atoms with Gasteiger partial charge in [0.1, 0.15) is 12.3 Å². The van der Waals surface area contributed by atoms with Crippen molar-refractivity contribution in [3.8, 4) is 5.75 Å². The van der Waals surface area contributed by atoms with Gasteiger partial charge in [0.15, 0.2) is 0 Å². The van der Waals surface area contributed by atoms with Gasteiger partial charge in [-0.1, -0.05) is 18.2 Å². The number of hydrogen-bond acceptors (Lipinski definition) is 3. The minimum absolute atomic E-state index is 0.0429. The molecule has 3 rings (SSSR count). The summed E-state index contributed by atoms with van der Waals surface area (Å²) in [5, 5.41) is 3.55. The molecular weight excluding hydrogens is 351 g/mol. The minimum atomic E-state index is -4.44. The Labute approximate surface area is 148 Å². The highest BCUT2D eigenvalue weighted by atomic mass is 32.1. The van der Waals surface area contributed by atoms with Crippen molar-refractivity contribution < 1.29 is 22.7 Å². The SMILES string of the molecule is COc1ccccc1C1(C(=O)N(Cc2ccsc2)CC(F)(F)F)CC1. The number of carbonyl (C=O) groups is 1. The summed E-state index contributed by atoms with van der Waals surface area (Å²) >= 11 is 1.40. The molecule has 1 heterocycles. The number of ether oxygens (including phenoxy) is 1. The number of halogens is 3. The lowest BCUT2D eigenvalue weighted by Crippen LogP contribution is -2.44. The van der Waals surface area contributed by atoms with Gasteiger partial charge in [-0.15, -0.1) is 0 Å². The van der Waals surface area contributed by atoms with Gasteiger partial charge in [0, 0.05) is 12.1 Å². The number of carbonyl (C=O) groups excluding carboxylic acids is 1. The Morgan fingerprint density at radius 1 is 1.28 bits per heavy atom. The van der Waals surface area contributed by atoms with Crippen LogP contribution in [0.2, 0.25) is 0 Å². The van der Waals surface area contributed by atoms with E-state index in [1.54, 1.807) is 41.1 Å². The number of alkyl halides is 3. The van der Waals surface area contributed by atoms with E-state index >= 15 is 0 Å². The molecule has 7 heteroatoms. The first kappa shape index (κ1) is 17.8. The number of thiophene rings is 1. The maximum Gasteiger partial charge on any atom is 0.406 e. The minimum Gasteiger partial charge on any atom is -0.496 e. The molecule has 1 aliphatic rings. The molecule has 0 saturated heterocycles. The normalized spacial score (nSPS) is 15.7. The Balaban J connectivity index is 1.91. The molecule has 0 atom stereocenters. The predicted octanol–water partition coefficient (Wildman–Crippen LogP) is 4.38. The van der Waals surface area contributed by atoms with E-state index in [4.69, 9.17) is 4.74 Å². The van der Waals surface area contributed by atoms with E-state index in [2.05, 4.69) is 0 Å². The topological polar surface area (TPSA) is 29.5 Å². The summed E-state index contributed by atoms with van der Waals surface area (Å²) in [6.45, 7) is -1.29. The second kappa shape index (κ2) is 6.71. The van der Waals surface area contributed by atoms with Gasteiger partial charge in [-0.3, -0.25) is 4.79 Å². The lowest BCUT2D eigenvalue weighted by atomic mass is 9.93. The number of benzene rings is 1. The molecule has 0 unspecified atom stereocenters. The maximum atomic E-state index is 13.1. The van der Waals surface area contributed by atoms with Crippen molar-refractivity contribution in [2.45, 2.75) is 31.0 Å². The number of hydrogen-bond donors (Lipinski definition) is 0. The number of rotatable bonds is 6. The van der Waals surface area contributed by atoms with Crippen molar-refractivity contribution in [2.75, 3.05) is 13.7 Å². The van der Waals surface area contributed by atoms with E-state index in [1.807, 2.05) is 0 Å². The summed E-state index contributed by atoms with van der Waals surface area (Å²) in [4.78, 5) is 14.0. The molecule has 1 saturated carbocycles. The summed E-state index contributed by atoms with van der Waals surface area (Å²) in [7, 11) is 1.50. The molecule has 2 aromatic rings. The molecule has 1 amide bonds. The van der Waals surface area contributed by atoms with Gasteiger partial charge in [0.2, 0.25) is 5.91 Å². The fourth-order valence-electron chi connectivity index (χ4n) is 3.08. The summed E-state index contributed by atoms with van der Waals surface area (Å²) in [5.41, 5.74) is 0.465. The number of amides is 1. The Morgan fingerprint density at radius 2 is 2.00 bits per heavy atom. The standard InChI is InChI=1S/C18H18F3NO2S/c1-24-15-5-3-2-4-14(15)17(7-8-17)16(23)22(12-18(19,20)21)10-13-6-9-25-11-13/h2-6,9,11H,7-8,10,12H2,1H3. The van der Waals surface area contributed by atoms with Crippen LogP contribution in [0.15, 0.2) is 41.1 Å². The van der Waals surface area contributed by atoms with Crippen molar-refractivity contribution in [2.24, 2.45) is 0 Å².